The highest BCUT2D eigenvalue weighted by Crippen LogP contribution is 2.68. The van der Waals surface area contributed by atoms with E-state index in [0.29, 0.717) is 53.3 Å². The second kappa shape index (κ2) is 11.9. The lowest BCUT2D eigenvalue weighted by Crippen LogP contribution is -2.64. The molecule has 1 heterocycles. The highest BCUT2D eigenvalue weighted by Gasteiger charge is 2.65. The predicted octanol–water partition coefficient (Wildman–Crippen LogP) is 5.55. The van der Waals surface area contributed by atoms with Gasteiger partial charge in [0, 0.05) is 35.5 Å². The number of hydrogen-bond acceptors (Lipinski definition) is 7. The summed E-state index contributed by atoms with van der Waals surface area (Å²) in [6, 6.07) is 5.29. The van der Waals surface area contributed by atoms with Crippen LogP contribution in [-0.4, -0.2) is 45.3 Å². The van der Waals surface area contributed by atoms with Crippen molar-refractivity contribution in [3.05, 3.63) is 39.7 Å². The molecule has 1 amide bonds. The van der Waals surface area contributed by atoms with Crippen LogP contribution in [-0.2, 0) is 16.0 Å². The second-order valence-electron chi connectivity index (χ2n) is 15.7. The van der Waals surface area contributed by atoms with Crippen molar-refractivity contribution in [1.29, 1.82) is 0 Å². The van der Waals surface area contributed by atoms with Gasteiger partial charge in [0.05, 0.1) is 18.3 Å². The van der Waals surface area contributed by atoms with Crippen molar-refractivity contribution in [3.8, 4) is 0 Å². The molecule has 1 aromatic carbocycles. The van der Waals surface area contributed by atoms with Gasteiger partial charge in [0.25, 0.3) is 0 Å². The molecule has 0 aliphatic heterocycles. The van der Waals surface area contributed by atoms with Gasteiger partial charge in [-0.1, -0.05) is 20.8 Å². The van der Waals surface area contributed by atoms with Crippen molar-refractivity contribution in [1.82, 2.24) is 0 Å². The molecule has 4 aliphatic carbocycles. The molecule has 4 fully saturated rings. The van der Waals surface area contributed by atoms with Gasteiger partial charge < -0.3 is 25.1 Å². The van der Waals surface area contributed by atoms with Gasteiger partial charge in [-0.05, 0) is 129 Å². The minimum absolute atomic E-state index is 0.0379. The molecule has 2 unspecified atom stereocenters. The van der Waals surface area contributed by atoms with E-state index in [1.165, 1.54) is 6.92 Å². The van der Waals surface area contributed by atoms with E-state index in [1.54, 1.807) is 12.1 Å². The topological polar surface area (TPSA) is 137 Å². The van der Waals surface area contributed by atoms with Crippen LogP contribution >= 0.6 is 0 Å². The second-order valence-corrected chi connectivity index (χ2v) is 15.7. The number of nitrogens with one attached hydrogen (secondary N) is 1. The highest BCUT2D eigenvalue weighted by molar-refractivity contribution is 5.94. The van der Waals surface area contributed by atoms with Crippen LogP contribution in [0.25, 0.3) is 11.0 Å². The van der Waals surface area contributed by atoms with Crippen LogP contribution in [0.5, 0.6) is 0 Å². The molecular weight excluding hydrogens is 570 g/mol. The monoisotopic (exact) mass is 621 g/mol. The van der Waals surface area contributed by atoms with Crippen LogP contribution in [0.3, 0.4) is 0 Å². The van der Waals surface area contributed by atoms with Crippen molar-refractivity contribution in [2.75, 3.05) is 5.32 Å². The van der Waals surface area contributed by atoms with Crippen LogP contribution in [0.4, 0.5) is 5.69 Å². The maximum absolute atomic E-state index is 13.1. The first kappa shape index (κ1) is 32.4. The molecule has 45 heavy (non-hydrogen) atoms. The fourth-order valence-corrected chi connectivity index (χ4v) is 10.9. The summed E-state index contributed by atoms with van der Waals surface area (Å²) in [5.74, 6) is 1.33. The Morgan fingerprint density at radius 2 is 1.71 bits per heavy atom. The van der Waals surface area contributed by atoms with Crippen molar-refractivity contribution < 1.29 is 29.3 Å². The number of aliphatic hydroxyl groups excluding tert-OH is 3. The largest absolute Gasteiger partial charge is 0.422 e. The number of ketones is 1. The van der Waals surface area contributed by atoms with Gasteiger partial charge >= 0.3 is 5.63 Å². The molecule has 0 saturated heterocycles. The molecule has 6 rings (SSSR count). The number of amides is 1. The van der Waals surface area contributed by atoms with Gasteiger partial charge in [-0.25, -0.2) is 4.79 Å². The van der Waals surface area contributed by atoms with Crippen molar-refractivity contribution >= 4 is 28.3 Å². The van der Waals surface area contributed by atoms with Gasteiger partial charge in [-0.2, -0.15) is 0 Å². The Labute approximate surface area is 266 Å². The molecule has 246 valence electrons. The van der Waals surface area contributed by atoms with Crippen molar-refractivity contribution in [3.63, 3.8) is 0 Å². The van der Waals surface area contributed by atoms with E-state index in [-0.39, 0.29) is 46.9 Å². The molecule has 4 N–H and O–H groups in total. The lowest BCUT2D eigenvalue weighted by atomic mass is 9.43. The quantitative estimate of drug-likeness (QED) is 0.298. The molecule has 2 aromatic rings. The average molecular weight is 622 g/mol. The first-order valence-corrected chi connectivity index (χ1v) is 17.1. The number of rotatable bonds is 7. The van der Waals surface area contributed by atoms with Crippen LogP contribution in [0.15, 0.2) is 27.4 Å². The lowest BCUT2D eigenvalue weighted by molar-refractivity contribution is -0.223. The summed E-state index contributed by atoms with van der Waals surface area (Å²) < 4.78 is 5.51. The summed E-state index contributed by atoms with van der Waals surface area (Å²) in [6.07, 6.45) is 5.77. The van der Waals surface area contributed by atoms with E-state index >= 15 is 0 Å². The molecule has 1 aromatic heterocycles. The van der Waals surface area contributed by atoms with E-state index in [1.807, 2.05) is 13.0 Å². The lowest BCUT2D eigenvalue weighted by Gasteiger charge is -2.63. The Hall–Kier alpha value is -2.55. The van der Waals surface area contributed by atoms with E-state index in [2.05, 4.69) is 26.1 Å². The number of Topliss-reactive ketones (excluding diaryl/α,β-unsaturated/α-hetero) is 1. The first-order chi connectivity index (χ1) is 21.2. The Morgan fingerprint density at radius 3 is 2.44 bits per heavy atom. The third-order valence-corrected chi connectivity index (χ3v) is 13.3. The molecule has 11 atom stereocenters. The predicted molar refractivity (Wildman–Crippen MR) is 173 cm³/mol. The summed E-state index contributed by atoms with van der Waals surface area (Å²) in [5, 5.41) is 37.0. The van der Waals surface area contributed by atoms with Gasteiger partial charge in [0.15, 0.2) is 0 Å². The summed E-state index contributed by atoms with van der Waals surface area (Å²) >= 11 is 0. The zero-order valence-electron chi connectivity index (χ0n) is 27.5. The van der Waals surface area contributed by atoms with Crippen LogP contribution in [0.2, 0.25) is 0 Å². The SMILES string of the molecule is CC(=O)Cc1c(C)c2ccc(NC(=O)CC[C@@H](C)[C@H]3CC[C@H]4[C@@H]5C(O)C(O)[C@@H]6C[C@H](O)CC[C@]6(C)[C@H]5CC[C@]34C)cc2oc1=O. The molecule has 4 saturated carbocycles. The number of carbonyl (C=O) groups is 2. The first-order valence-electron chi connectivity index (χ1n) is 17.1. The van der Waals surface area contributed by atoms with E-state index in [4.69, 9.17) is 4.42 Å². The molecule has 0 radical (unpaired) electrons. The van der Waals surface area contributed by atoms with Crippen molar-refractivity contribution in [2.45, 2.75) is 117 Å². The van der Waals surface area contributed by atoms with Gasteiger partial charge in [0.1, 0.15) is 11.4 Å². The summed E-state index contributed by atoms with van der Waals surface area (Å²) in [7, 11) is 0. The molecule has 4 aliphatic rings. The van der Waals surface area contributed by atoms with Gasteiger partial charge in [-0.3, -0.25) is 9.59 Å². The van der Waals surface area contributed by atoms with Crippen LogP contribution in [0.1, 0.15) is 96.6 Å². The van der Waals surface area contributed by atoms with E-state index in [9.17, 15) is 29.7 Å². The zero-order valence-corrected chi connectivity index (χ0v) is 27.5. The number of anilines is 1. The average Bonchev–Trinajstić information content (AvgIpc) is 3.34. The third kappa shape index (κ3) is 5.48. The maximum atomic E-state index is 13.1. The summed E-state index contributed by atoms with van der Waals surface area (Å²) in [6.45, 7) is 10.2. The Bertz CT molecular complexity index is 1530. The van der Waals surface area contributed by atoms with Crippen LogP contribution in [0, 0.1) is 53.3 Å². The number of hydrogen-bond donors (Lipinski definition) is 4. The number of fused-ring (bicyclic) bond motifs is 6. The van der Waals surface area contributed by atoms with Gasteiger partial charge in [-0.15, -0.1) is 0 Å². The Kier molecular flexibility index (Phi) is 8.58. The fourth-order valence-electron chi connectivity index (χ4n) is 10.9. The molecular formula is C37H51NO7. The zero-order chi connectivity index (χ0) is 32.4. The van der Waals surface area contributed by atoms with Crippen LogP contribution < -0.4 is 10.9 Å². The Morgan fingerprint density at radius 1 is 1.00 bits per heavy atom. The molecule has 0 spiro atoms. The molecule has 8 nitrogen and oxygen atoms in total. The molecule has 0 bridgehead atoms. The van der Waals surface area contributed by atoms with E-state index in [0.717, 1.165) is 55.9 Å². The number of carbonyl (C=O) groups excluding carboxylic acids is 2. The third-order valence-electron chi connectivity index (χ3n) is 13.3. The summed E-state index contributed by atoms with van der Waals surface area (Å²) in [4.78, 5) is 37.2. The number of aliphatic hydroxyl groups is 3. The summed E-state index contributed by atoms with van der Waals surface area (Å²) in [5.41, 5.74) is 1.54. The number of benzene rings is 1. The highest BCUT2D eigenvalue weighted by atomic mass is 16.4. The standard InChI is InChI=1S/C37H51NO7/c1-19(6-11-31(41)38-22-7-8-24-21(3)25(16-20(2)39)35(44)45-30(24)17-22)26-9-10-27-32-28(13-15-36(26,27)4)37(5)14-12-23(40)18-29(37)33(42)34(32)43/h7-8,17,19,23,26-29,32-34,40,42-43H,6,9-16,18H2,1-5H3,(H,38,41)/t19-,23-,26-,27+,28+,29+,32+,33?,34?,36-,37-/m1/s1. The smallest absolute Gasteiger partial charge is 0.340 e. The molecule has 8 heteroatoms. The Balaban J connectivity index is 1.11. The maximum Gasteiger partial charge on any atom is 0.340 e. The number of aryl methyl sites for hydroxylation is 1. The fraction of sp³-hybridized carbons (Fsp3) is 0.703. The normalized spacial score (nSPS) is 38.2. The van der Waals surface area contributed by atoms with Crippen molar-refractivity contribution in [2.24, 2.45) is 46.3 Å². The minimum Gasteiger partial charge on any atom is -0.422 e. The van der Waals surface area contributed by atoms with E-state index < -0.39 is 17.8 Å². The van der Waals surface area contributed by atoms with Gasteiger partial charge in [0.2, 0.25) is 5.91 Å². The minimum atomic E-state index is -0.789.